The molecule has 130 valence electrons. The summed E-state index contributed by atoms with van der Waals surface area (Å²) in [5.74, 6) is -0.0156. The van der Waals surface area contributed by atoms with Crippen LogP contribution in [-0.4, -0.2) is 38.8 Å². The monoisotopic (exact) mass is 352 g/mol. The molecule has 0 atom stereocenters. The van der Waals surface area contributed by atoms with Gasteiger partial charge in [-0.3, -0.25) is 4.79 Å². The first-order chi connectivity index (χ1) is 11.4. The molecule has 0 saturated heterocycles. The van der Waals surface area contributed by atoms with Crippen LogP contribution in [-0.2, 0) is 10.0 Å². The number of nitrogens with one attached hydrogen (secondary N) is 1. The standard InChI is InChI=1S/C16H20N2O5S/c1-4-18(5-2)24(20,21)12-8-9-14(22-3)13(11-12)17-16(19)15-7-6-10-23-15/h6-11H,4-5H2,1-3H3,(H,17,19). The summed E-state index contributed by atoms with van der Waals surface area (Å²) in [5.41, 5.74) is 0.257. The predicted octanol–water partition coefficient (Wildman–Crippen LogP) is 2.57. The van der Waals surface area contributed by atoms with Crippen LogP contribution in [0.2, 0.25) is 0 Å². The quantitative estimate of drug-likeness (QED) is 0.827. The minimum absolute atomic E-state index is 0.0849. The molecule has 2 rings (SSSR count). The molecule has 0 spiro atoms. The lowest BCUT2D eigenvalue weighted by molar-refractivity contribution is 0.0996. The topological polar surface area (TPSA) is 88.9 Å². The van der Waals surface area contributed by atoms with E-state index in [-0.39, 0.29) is 16.3 Å². The van der Waals surface area contributed by atoms with E-state index < -0.39 is 15.9 Å². The van der Waals surface area contributed by atoms with E-state index >= 15 is 0 Å². The maximum Gasteiger partial charge on any atom is 0.291 e. The maximum atomic E-state index is 12.6. The molecular formula is C16H20N2O5S. The summed E-state index contributed by atoms with van der Waals surface area (Å²) in [4.78, 5) is 12.2. The van der Waals surface area contributed by atoms with Crippen LogP contribution in [0, 0.1) is 0 Å². The van der Waals surface area contributed by atoms with Gasteiger partial charge in [-0.15, -0.1) is 0 Å². The number of sulfonamides is 1. The molecular weight excluding hydrogens is 332 g/mol. The zero-order chi connectivity index (χ0) is 17.7. The summed E-state index contributed by atoms with van der Waals surface area (Å²) < 4.78 is 36.8. The van der Waals surface area contributed by atoms with Crippen LogP contribution < -0.4 is 10.1 Å². The van der Waals surface area contributed by atoms with Gasteiger partial charge < -0.3 is 14.5 Å². The molecule has 0 aliphatic carbocycles. The Labute approximate surface area is 141 Å². The Morgan fingerprint density at radius 1 is 1.25 bits per heavy atom. The number of benzene rings is 1. The number of hydrogen-bond donors (Lipinski definition) is 1. The van der Waals surface area contributed by atoms with Gasteiger partial charge in [0.05, 0.1) is 24.0 Å². The Morgan fingerprint density at radius 3 is 2.50 bits per heavy atom. The minimum atomic E-state index is -3.64. The number of nitrogens with zero attached hydrogens (tertiary/aromatic N) is 1. The Kier molecular flexibility index (Phi) is 5.63. The molecule has 2 aromatic rings. The third kappa shape index (κ3) is 3.60. The van der Waals surface area contributed by atoms with Crippen molar-refractivity contribution in [2.24, 2.45) is 0 Å². The number of hydrogen-bond acceptors (Lipinski definition) is 5. The van der Waals surface area contributed by atoms with Gasteiger partial charge in [-0.05, 0) is 30.3 Å². The predicted molar refractivity (Wildman–Crippen MR) is 89.8 cm³/mol. The number of rotatable bonds is 7. The first kappa shape index (κ1) is 18.0. The van der Waals surface area contributed by atoms with E-state index in [0.717, 1.165) is 0 Å². The van der Waals surface area contributed by atoms with Crippen LogP contribution in [0.4, 0.5) is 5.69 Å². The Morgan fingerprint density at radius 2 is 1.96 bits per heavy atom. The number of carbonyl (C=O) groups excluding carboxylic acids is 1. The van der Waals surface area contributed by atoms with E-state index in [1.54, 1.807) is 19.9 Å². The lowest BCUT2D eigenvalue weighted by Gasteiger charge is -2.19. The van der Waals surface area contributed by atoms with E-state index in [9.17, 15) is 13.2 Å². The van der Waals surface area contributed by atoms with Crippen LogP contribution in [0.15, 0.2) is 45.9 Å². The highest BCUT2D eigenvalue weighted by Crippen LogP contribution is 2.29. The van der Waals surface area contributed by atoms with Gasteiger partial charge in [0.25, 0.3) is 5.91 Å². The first-order valence-corrected chi connectivity index (χ1v) is 8.91. The van der Waals surface area contributed by atoms with Crippen LogP contribution in [0.25, 0.3) is 0 Å². The van der Waals surface area contributed by atoms with Gasteiger partial charge >= 0.3 is 0 Å². The molecule has 0 radical (unpaired) electrons. The average molecular weight is 352 g/mol. The first-order valence-electron chi connectivity index (χ1n) is 7.47. The summed E-state index contributed by atoms with van der Waals surface area (Å²) in [6.45, 7) is 4.26. The second-order valence-corrected chi connectivity index (χ2v) is 6.82. The third-order valence-corrected chi connectivity index (χ3v) is 5.55. The van der Waals surface area contributed by atoms with Gasteiger partial charge in [-0.1, -0.05) is 13.8 Å². The Hall–Kier alpha value is -2.32. The van der Waals surface area contributed by atoms with Crippen molar-refractivity contribution in [1.82, 2.24) is 4.31 Å². The molecule has 0 unspecified atom stereocenters. The van der Waals surface area contributed by atoms with E-state index in [4.69, 9.17) is 9.15 Å². The van der Waals surface area contributed by atoms with E-state index in [2.05, 4.69) is 5.32 Å². The second kappa shape index (κ2) is 7.50. The third-order valence-electron chi connectivity index (χ3n) is 3.51. The van der Waals surface area contributed by atoms with Crippen molar-refractivity contribution in [3.63, 3.8) is 0 Å². The molecule has 1 N–H and O–H groups in total. The fraction of sp³-hybridized carbons (Fsp3) is 0.312. The number of amides is 1. The van der Waals surface area contributed by atoms with Gasteiger partial charge in [0.15, 0.2) is 5.76 Å². The zero-order valence-electron chi connectivity index (χ0n) is 13.8. The number of carbonyl (C=O) groups is 1. The highest BCUT2D eigenvalue weighted by molar-refractivity contribution is 7.89. The molecule has 0 aliphatic rings. The van der Waals surface area contributed by atoms with E-state index in [0.29, 0.717) is 18.8 Å². The Bertz CT molecular complexity index is 796. The summed E-state index contributed by atoms with van der Waals surface area (Å²) in [5, 5.41) is 2.61. The smallest absolute Gasteiger partial charge is 0.291 e. The van der Waals surface area contributed by atoms with Crippen molar-refractivity contribution < 1.29 is 22.4 Å². The van der Waals surface area contributed by atoms with Crippen molar-refractivity contribution in [2.45, 2.75) is 18.7 Å². The van der Waals surface area contributed by atoms with Gasteiger partial charge in [0.2, 0.25) is 10.0 Å². The van der Waals surface area contributed by atoms with Gasteiger partial charge in [-0.2, -0.15) is 4.31 Å². The fourth-order valence-electron chi connectivity index (χ4n) is 2.25. The van der Waals surface area contributed by atoms with Crippen molar-refractivity contribution in [3.05, 3.63) is 42.4 Å². The molecule has 0 bridgehead atoms. The second-order valence-electron chi connectivity index (χ2n) is 4.88. The molecule has 0 aliphatic heterocycles. The average Bonchev–Trinajstić information content (AvgIpc) is 3.10. The molecule has 0 saturated carbocycles. The molecule has 24 heavy (non-hydrogen) atoms. The summed E-state index contributed by atoms with van der Waals surface area (Å²) in [7, 11) is -2.19. The fourth-order valence-corrected chi connectivity index (χ4v) is 3.73. The van der Waals surface area contributed by atoms with Crippen molar-refractivity contribution in [1.29, 1.82) is 0 Å². The summed E-state index contributed by atoms with van der Waals surface area (Å²) in [6, 6.07) is 7.45. The molecule has 7 nitrogen and oxygen atoms in total. The molecule has 1 aromatic carbocycles. The zero-order valence-corrected chi connectivity index (χ0v) is 14.6. The van der Waals surface area contributed by atoms with Crippen LogP contribution >= 0.6 is 0 Å². The van der Waals surface area contributed by atoms with Crippen LogP contribution in [0.3, 0.4) is 0 Å². The highest BCUT2D eigenvalue weighted by Gasteiger charge is 2.23. The SMILES string of the molecule is CCN(CC)S(=O)(=O)c1ccc(OC)c(NC(=O)c2ccco2)c1. The van der Waals surface area contributed by atoms with Crippen molar-refractivity contribution in [2.75, 3.05) is 25.5 Å². The van der Waals surface area contributed by atoms with Crippen molar-refractivity contribution in [3.8, 4) is 5.75 Å². The van der Waals surface area contributed by atoms with Gasteiger partial charge in [-0.25, -0.2) is 8.42 Å². The molecule has 8 heteroatoms. The minimum Gasteiger partial charge on any atom is -0.495 e. The van der Waals surface area contributed by atoms with Gasteiger partial charge in [0, 0.05) is 13.1 Å². The number of methoxy groups -OCH3 is 1. The van der Waals surface area contributed by atoms with Crippen LogP contribution in [0.1, 0.15) is 24.4 Å². The van der Waals surface area contributed by atoms with E-state index in [1.807, 2.05) is 0 Å². The summed E-state index contributed by atoms with van der Waals surface area (Å²) >= 11 is 0. The lowest BCUT2D eigenvalue weighted by atomic mass is 10.3. The summed E-state index contributed by atoms with van der Waals surface area (Å²) in [6.07, 6.45) is 1.38. The molecule has 1 amide bonds. The molecule has 0 fully saturated rings. The van der Waals surface area contributed by atoms with Gasteiger partial charge in [0.1, 0.15) is 5.75 Å². The maximum absolute atomic E-state index is 12.6. The number of anilines is 1. The number of ether oxygens (including phenoxy) is 1. The van der Waals surface area contributed by atoms with E-state index in [1.165, 1.54) is 41.9 Å². The van der Waals surface area contributed by atoms with Crippen molar-refractivity contribution >= 4 is 21.6 Å². The highest BCUT2D eigenvalue weighted by atomic mass is 32.2. The van der Waals surface area contributed by atoms with Crippen LogP contribution in [0.5, 0.6) is 5.75 Å². The molecule has 1 heterocycles. The number of furan rings is 1. The Balaban J connectivity index is 2.39. The molecule has 1 aromatic heterocycles. The largest absolute Gasteiger partial charge is 0.495 e. The lowest BCUT2D eigenvalue weighted by Crippen LogP contribution is -2.30. The normalized spacial score (nSPS) is 11.5.